The zero-order chi connectivity index (χ0) is 22.2. The molecule has 164 valence electrons. The average Bonchev–Trinajstić information content (AvgIpc) is 3.38. The quantitative estimate of drug-likeness (QED) is 0.518. The van der Waals surface area contributed by atoms with Crippen LogP contribution in [0, 0.1) is 6.92 Å². The van der Waals surface area contributed by atoms with Gasteiger partial charge in [-0.05, 0) is 31.2 Å². The number of rotatable bonds is 5. The van der Waals surface area contributed by atoms with Gasteiger partial charge in [0.1, 0.15) is 23.6 Å². The van der Waals surface area contributed by atoms with Gasteiger partial charge in [0.15, 0.2) is 5.82 Å². The Kier molecular flexibility index (Phi) is 5.10. The Morgan fingerprint density at radius 2 is 2.03 bits per heavy atom. The van der Waals surface area contributed by atoms with Crippen LogP contribution in [0.5, 0.6) is 5.75 Å². The maximum absolute atomic E-state index is 12.7. The van der Waals surface area contributed by atoms with E-state index in [1.165, 1.54) is 4.68 Å². The summed E-state index contributed by atoms with van der Waals surface area (Å²) in [5.74, 6) is 1.44. The van der Waals surface area contributed by atoms with Crippen LogP contribution in [0.2, 0.25) is 0 Å². The first-order valence-corrected chi connectivity index (χ1v) is 10.4. The van der Waals surface area contributed by atoms with Crippen LogP contribution in [-0.2, 0) is 11.8 Å². The van der Waals surface area contributed by atoms with Crippen LogP contribution in [0.15, 0.2) is 53.6 Å². The van der Waals surface area contributed by atoms with E-state index in [1.54, 1.807) is 25.6 Å². The van der Waals surface area contributed by atoms with Crippen molar-refractivity contribution >= 4 is 16.9 Å². The molecule has 9 nitrogen and oxygen atoms in total. The molecule has 0 bridgehead atoms. The van der Waals surface area contributed by atoms with Gasteiger partial charge in [-0.15, -0.1) is 0 Å². The topological polar surface area (TPSA) is 96.1 Å². The Hall–Kier alpha value is -3.72. The molecule has 1 saturated heterocycles. The smallest absolute Gasteiger partial charge is 0.267 e. The second kappa shape index (κ2) is 8.08. The molecule has 4 heterocycles. The molecule has 0 radical (unpaired) electrons. The summed E-state index contributed by atoms with van der Waals surface area (Å²) in [6.07, 6.45) is 1.54. The van der Waals surface area contributed by atoms with E-state index in [0.717, 1.165) is 28.0 Å². The molecule has 1 aliphatic rings. The third kappa shape index (κ3) is 3.50. The van der Waals surface area contributed by atoms with Gasteiger partial charge in [0, 0.05) is 24.4 Å². The van der Waals surface area contributed by atoms with Crippen molar-refractivity contribution in [2.75, 3.05) is 25.6 Å². The summed E-state index contributed by atoms with van der Waals surface area (Å²) in [6, 6.07) is 12.5. The predicted octanol–water partition coefficient (Wildman–Crippen LogP) is 2.56. The molecule has 5 rings (SSSR count). The molecule has 1 aromatic carbocycles. The van der Waals surface area contributed by atoms with Crippen molar-refractivity contribution in [2.45, 2.75) is 19.0 Å². The highest BCUT2D eigenvalue weighted by molar-refractivity contribution is 5.87. The van der Waals surface area contributed by atoms with E-state index in [9.17, 15) is 4.79 Å². The minimum absolute atomic E-state index is 0.172. The van der Waals surface area contributed by atoms with Gasteiger partial charge in [0.25, 0.3) is 5.56 Å². The van der Waals surface area contributed by atoms with Crippen LogP contribution in [0.25, 0.3) is 22.3 Å². The Bertz CT molecular complexity index is 1350. The van der Waals surface area contributed by atoms with Gasteiger partial charge in [0.05, 0.1) is 37.6 Å². The second-order valence-corrected chi connectivity index (χ2v) is 7.89. The maximum atomic E-state index is 12.7. The number of fused-ring (bicyclic) bond motifs is 1. The summed E-state index contributed by atoms with van der Waals surface area (Å²) in [5, 5.41) is 8.14. The fourth-order valence-electron chi connectivity index (χ4n) is 4.10. The molecule has 32 heavy (non-hydrogen) atoms. The van der Waals surface area contributed by atoms with E-state index >= 15 is 0 Å². The van der Waals surface area contributed by atoms with E-state index < -0.39 is 0 Å². The first-order valence-electron chi connectivity index (χ1n) is 10.4. The number of hydrogen-bond donors (Lipinski definition) is 1. The Morgan fingerprint density at radius 1 is 1.16 bits per heavy atom. The molecule has 4 aromatic rings. The van der Waals surface area contributed by atoms with Crippen LogP contribution in [-0.4, -0.2) is 50.7 Å². The van der Waals surface area contributed by atoms with Crippen LogP contribution in [0.1, 0.15) is 11.7 Å². The molecular formula is C23H24N6O3. The lowest BCUT2D eigenvalue weighted by molar-refractivity contribution is 0.183. The summed E-state index contributed by atoms with van der Waals surface area (Å²) >= 11 is 0. The normalized spacial score (nSPS) is 18.2. The number of aryl methyl sites for hydroxylation is 2. The molecule has 0 saturated carbocycles. The van der Waals surface area contributed by atoms with Crippen molar-refractivity contribution in [3.63, 3.8) is 0 Å². The summed E-state index contributed by atoms with van der Waals surface area (Å²) in [6.45, 7) is 2.85. The van der Waals surface area contributed by atoms with Crippen molar-refractivity contribution < 1.29 is 9.47 Å². The number of nitrogens with zero attached hydrogens (tertiary/aromatic N) is 5. The number of hydrogen-bond acceptors (Lipinski definition) is 7. The van der Waals surface area contributed by atoms with Gasteiger partial charge in [-0.3, -0.25) is 4.79 Å². The number of ether oxygens (including phenoxy) is 2. The molecule has 9 heteroatoms. The van der Waals surface area contributed by atoms with E-state index in [2.05, 4.69) is 25.0 Å². The summed E-state index contributed by atoms with van der Waals surface area (Å²) in [4.78, 5) is 21.6. The first kappa shape index (κ1) is 20.2. The maximum Gasteiger partial charge on any atom is 0.267 e. The monoisotopic (exact) mass is 432 g/mol. The van der Waals surface area contributed by atoms with Crippen LogP contribution in [0.3, 0.4) is 0 Å². The fraction of sp³-hybridized carbons (Fsp3) is 0.304. The third-order valence-electron chi connectivity index (χ3n) is 5.94. The van der Waals surface area contributed by atoms with Gasteiger partial charge in [-0.25, -0.2) is 14.6 Å². The zero-order valence-corrected chi connectivity index (χ0v) is 18.1. The van der Waals surface area contributed by atoms with Gasteiger partial charge in [0.2, 0.25) is 0 Å². The molecule has 2 atom stereocenters. The first-order chi connectivity index (χ1) is 15.5. The largest absolute Gasteiger partial charge is 0.497 e. The molecule has 0 amide bonds. The van der Waals surface area contributed by atoms with E-state index in [4.69, 9.17) is 9.47 Å². The lowest BCUT2D eigenvalue weighted by Gasteiger charge is -2.21. The van der Waals surface area contributed by atoms with Crippen LogP contribution >= 0.6 is 0 Å². The SMILES string of the molecule is COc1cccc(-c2ccc(=O)n(C3COCC3Nc3ncnc4cc(C)n(C)c34)n2)c1. The summed E-state index contributed by atoms with van der Waals surface area (Å²) in [5.41, 5.74) is 4.26. The minimum Gasteiger partial charge on any atom is -0.497 e. The Balaban J connectivity index is 1.49. The van der Waals surface area contributed by atoms with Gasteiger partial charge < -0.3 is 19.4 Å². The average molecular weight is 432 g/mol. The molecule has 0 aliphatic carbocycles. The second-order valence-electron chi connectivity index (χ2n) is 7.89. The summed E-state index contributed by atoms with van der Waals surface area (Å²) in [7, 11) is 3.61. The minimum atomic E-state index is -0.278. The highest BCUT2D eigenvalue weighted by atomic mass is 16.5. The van der Waals surface area contributed by atoms with Gasteiger partial charge in [-0.2, -0.15) is 5.10 Å². The zero-order valence-electron chi connectivity index (χ0n) is 18.1. The molecule has 1 fully saturated rings. The number of anilines is 1. The van der Waals surface area contributed by atoms with Crippen molar-refractivity contribution in [3.8, 4) is 17.0 Å². The van der Waals surface area contributed by atoms with Gasteiger partial charge in [-0.1, -0.05) is 12.1 Å². The molecule has 1 aliphatic heterocycles. The molecule has 0 spiro atoms. The van der Waals surface area contributed by atoms with Crippen molar-refractivity contribution in [1.29, 1.82) is 0 Å². The summed E-state index contributed by atoms with van der Waals surface area (Å²) < 4.78 is 14.6. The standard InChI is InChI=1S/C23H24N6O3/c1-14-9-18-22(28(14)2)23(25-13-24-18)26-19-11-32-12-20(19)29-21(30)8-7-17(27-29)15-5-4-6-16(10-15)31-3/h4-10,13,19-20H,11-12H2,1-3H3,(H,24,25,26). The highest BCUT2D eigenvalue weighted by Crippen LogP contribution is 2.27. The highest BCUT2D eigenvalue weighted by Gasteiger charge is 2.32. The van der Waals surface area contributed by atoms with Gasteiger partial charge >= 0.3 is 0 Å². The Morgan fingerprint density at radius 3 is 2.88 bits per heavy atom. The van der Waals surface area contributed by atoms with Crippen molar-refractivity contribution in [3.05, 3.63) is 64.8 Å². The van der Waals surface area contributed by atoms with Crippen LogP contribution < -0.4 is 15.6 Å². The molecule has 2 unspecified atom stereocenters. The fourth-order valence-corrected chi connectivity index (χ4v) is 4.10. The third-order valence-corrected chi connectivity index (χ3v) is 5.94. The van der Waals surface area contributed by atoms with Crippen LogP contribution in [0.4, 0.5) is 5.82 Å². The molecule has 3 aromatic heterocycles. The van der Waals surface area contributed by atoms with E-state index in [1.807, 2.05) is 44.3 Å². The van der Waals surface area contributed by atoms with Crippen molar-refractivity contribution in [1.82, 2.24) is 24.3 Å². The lowest BCUT2D eigenvalue weighted by atomic mass is 10.1. The molecular weight excluding hydrogens is 408 g/mol. The molecule has 1 N–H and O–H groups in total. The number of aromatic nitrogens is 5. The number of nitrogens with one attached hydrogen (secondary N) is 1. The number of methoxy groups -OCH3 is 1. The predicted molar refractivity (Wildman–Crippen MR) is 121 cm³/mol. The number of benzene rings is 1. The lowest BCUT2D eigenvalue weighted by Crippen LogP contribution is -2.37. The van der Waals surface area contributed by atoms with E-state index in [-0.39, 0.29) is 17.6 Å². The van der Waals surface area contributed by atoms with Crippen molar-refractivity contribution in [2.24, 2.45) is 7.05 Å². The Labute approximate surface area is 184 Å². The van der Waals surface area contributed by atoms with E-state index in [0.29, 0.717) is 24.7 Å².